The zero-order chi connectivity index (χ0) is 9.97. The van der Waals surface area contributed by atoms with Crippen molar-refractivity contribution in [3.63, 3.8) is 0 Å². The van der Waals surface area contributed by atoms with Crippen molar-refractivity contribution < 1.29 is 4.79 Å². The van der Waals surface area contributed by atoms with Crippen molar-refractivity contribution in [1.29, 1.82) is 0 Å². The molecule has 0 amide bonds. The van der Waals surface area contributed by atoms with Crippen LogP contribution in [0.15, 0.2) is 24.3 Å². The van der Waals surface area contributed by atoms with E-state index >= 15 is 0 Å². The van der Waals surface area contributed by atoms with Crippen molar-refractivity contribution >= 4 is 12.0 Å². The molecule has 0 aliphatic carbocycles. The third kappa shape index (κ3) is 1.63. The first kappa shape index (κ1) is 9.21. The lowest BCUT2D eigenvalue weighted by Gasteiger charge is -2.11. The summed E-state index contributed by atoms with van der Waals surface area (Å²) >= 11 is 0. The largest absolute Gasteiger partial charge is 0.384 e. The summed E-state index contributed by atoms with van der Waals surface area (Å²) in [5, 5.41) is 3.31. The zero-order valence-corrected chi connectivity index (χ0v) is 7.94. The smallest absolute Gasteiger partial charge is 0.136 e. The molecule has 0 radical (unpaired) electrons. The van der Waals surface area contributed by atoms with Crippen LogP contribution >= 0.6 is 0 Å². The molecule has 0 saturated heterocycles. The maximum absolute atomic E-state index is 10.5. The Labute approximate surface area is 83.3 Å². The molecule has 74 valence electrons. The first-order valence-electron chi connectivity index (χ1n) is 4.85. The number of hydrogen-bond acceptors (Lipinski definition) is 3. The third-order valence-electron chi connectivity index (χ3n) is 2.67. The Morgan fingerprint density at radius 3 is 3.14 bits per heavy atom. The van der Waals surface area contributed by atoms with Crippen LogP contribution in [-0.2, 0) is 4.79 Å². The van der Waals surface area contributed by atoms with E-state index in [4.69, 9.17) is 5.73 Å². The standard InChI is InChI=1S/C11H14N2O/c12-9(7-14)5-8-6-13-11-4-2-1-3-10(8)11/h1-4,7-9,13H,5-6,12H2. The van der Waals surface area contributed by atoms with Crippen molar-refractivity contribution in [2.75, 3.05) is 11.9 Å². The molecule has 1 heterocycles. The van der Waals surface area contributed by atoms with Crippen LogP contribution in [0.4, 0.5) is 5.69 Å². The fraction of sp³-hybridized carbons (Fsp3) is 0.364. The van der Waals surface area contributed by atoms with E-state index in [0.717, 1.165) is 19.3 Å². The fourth-order valence-electron chi connectivity index (χ4n) is 1.95. The number of para-hydroxylation sites is 1. The summed E-state index contributed by atoms with van der Waals surface area (Å²) in [6, 6.07) is 7.84. The van der Waals surface area contributed by atoms with Gasteiger partial charge in [0.2, 0.25) is 0 Å². The molecule has 3 nitrogen and oxygen atoms in total. The van der Waals surface area contributed by atoms with Crippen molar-refractivity contribution in [3.8, 4) is 0 Å². The Bertz CT molecular complexity index is 338. The SMILES string of the molecule is NC(C=O)CC1CNc2ccccc21. The average molecular weight is 190 g/mol. The van der Waals surface area contributed by atoms with Gasteiger partial charge in [-0.15, -0.1) is 0 Å². The maximum Gasteiger partial charge on any atom is 0.136 e. The topological polar surface area (TPSA) is 55.1 Å². The molecule has 14 heavy (non-hydrogen) atoms. The van der Waals surface area contributed by atoms with Crippen LogP contribution in [0, 0.1) is 0 Å². The molecule has 0 aromatic heterocycles. The summed E-state index contributed by atoms with van der Waals surface area (Å²) in [4.78, 5) is 10.5. The molecule has 1 aromatic rings. The van der Waals surface area contributed by atoms with Gasteiger partial charge in [-0.3, -0.25) is 0 Å². The molecular weight excluding hydrogens is 176 g/mol. The van der Waals surface area contributed by atoms with E-state index in [1.165, 1.54) is 11.3 Å². The van der Waals surface area contributed by atoms with E-state index in [-0.39, 0.29) is 6.04 Å². The van der Waals surface area contributed by atoms with Gasteiger partial charge < -0.3 is 15.8 Å². The summed E-state index contributed by atoms with van der Waals surface area (Å²) in [5.41, 5.74) is 8.07. The first-order valence-corrected chi connectivity index (χ1v) is 4.85. The van der Waals surface area contributed by atoms with Crippen molar-refractivity contribution in [2.24, 2.45) is 5.73 Å². The molecule has 1 aromatic carbocycles. The average Bonchev–Trinajstić information content (AvgIpc) is 2.62. The molecule has 1 aliphatic rings. The van der Waals surface area contributed by atoms with Crippen LogP contribution in [0.3, 0.4) is 0 Å². The molecule has 2 atom stereocenters. The molecule has 1 aliphatic heterocycles. The Morgan fingerprint density at radius 2 is 2.36 bits per heavy atom. The molecule has 3 heteroatoms. The minimum absolute atomic E-state index is 0.340. The number of anilines is 1. The molecule has 0 spiro atoms. The van der Waals surface area contributed by atoms with Gasteiger partial charge in [0.25, 0.3) is 0 Å². The highest BCUT2D eigenvalue weighted by Gasteiger charge is 2.22. The third-order valence-corrected chi connectivity index (χ3v) is 2.67. The van der Waals surface area contributed by atoms with Gasteiger partial charge in [0.05, 0.1) is 6.04 Å². The van der Waals surface area contributed by atoms with Crippen molar-refractivity contribution in [2.45, 2.75) is 18.4 Å². The highest BCUT2D eigenvalue weighted by Crippen LogP contribution is 2.33. The predicted octanol–water partition coefficient (Wildman–Crippen LogP) is 1.11. The second-order valence-corrected chi connectivity index (χ2v) is 3.70. The van der Waals surface area contributed by atoms with Gasteiger partial charge in [0, 0.05) is 18.2 Å². The summed E-state index contributed by atoms with van der Waals surface area (Å²) < 4.78 is 0. The molecule has 2 unspecified atom stereocenters. The lowest BCUT2D eigenvalue weighted by molar-refractivity contribution is -0.109. The van der Waals surface area contributed by atoms with Crippen LogP contribution in [0.25, 0.3) is 0 Å². The zero-order valence-electron chi connectivity index (χ0n) is 7.94. The van der Waals surface area contributed by atoms with E-state index in [2.05, 4.69) is 17.4 Å². The van der Waals surface area contributed by atoms with Crippen molar-refractivity contribution in [1.82, 2.24) is 0 Å². The normalized spacial score (nSPS) is 21.1. The van der Waals surface area contributed by atoms with Crippen LogP contribution in [0.2, 0.25) is 0 Å². The molecule has 0 fully saturated rings. The van der Waals surface area contributed by atoms with Gasteiger partial charge in [-0.05, 0) is 18.1 Å². The number of benzene rings is 1. The Morgan fingerprint density at radius 1 is 1.57 bits per heavy atom. The molecule has 0 saturated carbocycles. The number of fused-ring (bicyclic) bond motifs is 1. The quantitative estimate of drug-likeness (QED) is 0.702. The number of carbonyl (C=O) groups is 1. The van der Waals surface area contributed by atoms with E-state index in [1.807, 2.05) is 12.1 Å². The Kier molecular flexibility index (Phi) is 2.50. The molecular formula is C11H14N2O. The summed E-state index contributed by atoms with van der Waals surface area (Å²) in [6.07, 6.45) is 1.55. The summed E-state index contributed by atoms with van der Waals surface area (Å²) in [6.45, 7) is 0.890. The Hall–Kier alpha value is -1.35. The maximum atomic E-state index is 10.5. The van der Waals surface area contributed by atoms with Gasteiger partial charge in [0.15, 0.2) is 0 Å². The highest BCUT2D eigenvalue weighted by atomic mass is 16.1. The molecule has 0 bridgehead atoms. The summed E-state index contributed by atoms with van der Waals surface area (Å²) in [5.74, 6) is 0.381. The number of nitrogens with one attached hydrogen (secondary N) is 1. The van der Waals surface area contributed by atoms with Crippen LogP contribution < -0.4 is 11.1 Å². The fourth-order valence-corrected chi connectivity index (χ4v) is 1.95. The van der Waals surface area contributed by atoms with Crippen molar-refractivity contribution in [3.05, 3.63) is 29.8 Å². The number of aldehydes is 1. The molecule has 2 rings (SSSR count). The van der Waals surface area contributed by atoms with E-state index < -0.39 is 0 Å². The van der Waals surface area contributed by atoms with E-state index in [0.29, 0.717) is 5.92 Å². The van der Waals surface area contributed by atoms with E-state index in [9.17, 15) is 4.79 Å². The van der Waals surface area contributed by atoms with Gasteiger partial charge in [-0.25, -0.2) is 0 Å². The van der Waals surface area contributed by atoms with Gasteiger partial charge >= 0.3 is 0 Å². The lowest BCUT2D eigenvalue weighted by atomic mass is 9.95. The minimum atomic E-state index is -0.340. The van der Waals surface area contributed by atoms with Gasteiger partial charge in [-0.1, -0.05) is 18.2 Å². The first-order chi connectivity index (χ1) is 6.81. The molecule has 3 N–H and O–H groups in total. The van der Waals surface area contributed by atoms with Crippen LogP contribution in [0.1, 0.15) is 17.9 Å². The lowest BCUT2D eigenvalue weighted by Crippen LogP contribution is -2.24. The second kappa shape index (κ2) is 3.80. The van der Waals surface area contributed by atoms with Gasteiger partial charge in [-0.2, -0.15) is 0 Å². The van der Waals surface area contributed by atoms with Crippen LogP contribution in [-0.4, -0.2) is 18.9 Å². The number of nitrogens with two attached hydrogens (primary N) is 1. The number of carbonyl (C=O) groups excluding carboxylic acids is 1. The monoisotopic (exact) mass is 190 g/mol. The Balaban J connectivity index is 2.14. The predicted molar refractivity (Wildman–Crippen MR) is 56.3 cm³/mol. The van der Waals surface area contributed by atoms with Gasteiger partial charge in [0.1, 0.15) is 6.29 Å². The highest BCUT2D eigenvalue weighted by molar-refractivity contribution is 5.60. The second-order valence-electron chi connectivity index (χ2n) is 3.70. The number of hydrogen-bond donors (Lipinski definition) is 2. The number of rotatable bonds is 3. The minimum Gasteiger partial charge on any atom is -0.384 e. The van der Waals surface area contributed by atoms with Crippen LogP contribution in [0.5, 0.6) is 0 Å². The summed E-state index contributed by atoms with van der Waals surface area (Å²) in [7, 11) is 0. The van der Waals surface area contributed by atoms with E-state index in [1.54, 1.807) is 0 Å².